The molecule has 0 saturated carbocycles. The van der Waals surface area contributed by atoms with Gasteiger partial charge in [-0.1, -0.05) is 5.21 Å². The third-order valence-electron chi connectivity index (χ3n) is 4.07. The lowest BCUT2D eigenvalue weighted by Crippen LogP contribution is -2.41. The Morgan fingerprint density at radius 2 is 2.23 bits per heavy atom. The van der Waals surface area contributed by atoms with Crippen LogP contribution in [0.2, 0.25) is 0 Å². The Balaban J connectivity index is 1.42. The van der Waals surface area contributed by atoms with Gasteiger partial charge in [0.15, 0.2) is 5.82 Å². The maximum atomic E-state index is 12.2. The van der Waals surface area contributed by atoms with Gasteiger partial charge in [-0.05, 0) is 31.2 Å². The molecule has 8 heteroatoms. The van der Waals surface area contributed by atoms with Crippen LogP contribution in [0.4, 0.5) is 10.6 Å². The third kappa shape index (κ3) is 3.63. The highest BCUT2D eigenvalue weighted by Crippen LogP contribution is 2.21. The van der Waals surface area contributed by atoms with Crippen molar-refractivity contribution in [3.8, 4) is 0 Å². The number of amides is 2. The quantitative estimate of drug-likeness (QED) is 0.924. The van der Waals surface area contributed by atoms with Crippen LogP contribution in [0.25, 0.3) is 0 Å². The Hall–Kier alpha value is -2.38. The normalized spacial score (nSPS) is 16.0. The van der Waals surface area contributed by atoms with E-state index in [-0.39, 0.29) is 6.03 Å². The van der Waals surface area contributed by atoms with Crippen molar-refractivity contribution in [2.45, 2.75) is 25.8 Å². The van der Waals surface area contributed by atoms with Crippen molar-refractivity contribution in [1.82, 2.24) is 29.7 Å². The van der Waals surface area contributed by atoms with Gasteiger partial charge in [0.05, 0.1) is 6.20 Å². The Kier molecular flexibility index (Phi) is 4.36. The summed E-state index contributed by atoms with van der Waals surface area (Å²) in [6.07, 6.45) is 8.67. The zero-order valence-electron chi connectivity index (χ0n) is 12.7. The standard InChI is InChI=1S/C14H21N7O/c1-19-11-13(17-18-19)16-14(22)20-8-3-12(4-9-20)5-10-21-7-2-6-15-21/h2,6-7,11-12H,3-5,8-10H2,1H3,(H,16,22). The summed E-state index contributed by atoms with van der Waals surface area (Å²) in [6, 6.07) is 1.85. The molecule has 0 bridgehead atoms. The van der Waals surface area contributed by atoms with Gasteiger partial charge in [-0.15, -0.1) is 5.10 Å². The number of aromatic nitrogens is 5. The minimum absolute atomic E-state index is 0.0916. The number of urea groups is 1. The Labute approximate surface area is 129 Å². The second-order valence-electron chi connectivity index (χ2n) is 5.70. The molecule has 2 aromatic rings. The largest absolute Gasteiger partial charge is 0.324 e. The SMILES string of the molecule is Cn1cc(NC(=O)N2CCC(CCn3cccn3)CC2)nn1. The molecule has 22 heavy (non-hydrogen) atoms. The van der Waals surface area contributed by atoms with E-state index in [1.807, 2.05) is 21.8 Å². The summed E-state index contributed by atoms with van der Waals surface area (Å²) in [5, 5.41) is 14.7. The number of nitrogens with zero attached hydrogens (tertiary/aromatic N) is 6. The van der Waals surface area contributed by atoms with Gasteiger partial charge in [0.1, 0.15) is 0 Å². The Morgan fingerprint density at radius 1 is 1.41 bits per heavy atom. The highest BCUT2D eigenvalue weighted by Gasteiger charge is 2.23. The molecule has 3 rings (SSSR count). The van der Waals surface area contributed by atoms with Crippen molar-refractivity contribution in [1.29, 1.82) is 0 Å². The van der Waals surface area contributed by atoms with Crippen LogP contribution in [-0.4, -0.2) is 48.8 Å². The van der Waals surface area contributed by atoms with Crippen LogP contribution in [-0.2, 0) is 13.6 Å². The monoisotopic (exact) mass is 303 g/mol. The van der Waals surface area contributed by atoms with Crippen LogP contribution < -0.4 is 5.32 Å². The van der Waals surface area contributed by atoms with E-state index in [2.05, 4.69) is 20.7 Å². The lowest BCUT2D eigenvalue weighted by Gasteiger charge is -2.31. The van der Waals surface area contributed by atoms with Gasteiger partial charge in [0.25, 0.3) is 0 Å². The number of rotatable bonds is 4. The van der Waals surface area contributed by atoms with Crippen LogP contribution >= 0.6 is 0 Å². The van der Waals surface area contributed by atoms with E-state index in [4.69, 9.17) is 0 Å². The van der Waals surface area contributed by atoms with Crippen molar-refractivity contribution in [2.75, 3.05) is 18.4 Å². The molecular weight excluding hydrogens is 282 g/mol. The Bertz CT molecular complexity index is 598. The number of aryl methyl sites for hydroxylation is 2. The van der Waals surface area contributed by atoms with Crippen molar-refractivity contribution in [2.24, 2.45) is 13.0 Å². The molecule has 1 saturated heterocycles. The first kappa shape index (κ1) is 14.6. The fourth-order valence-corrected chi connectivity index (χ4v) is 2.77. The molecule has 1 aliphatic rings. The van der Waals surface area contributed by atoms with Crippen LogP contribution in [0, 0.1) is 5.92 Å². The fraction of sp³-hybridized carbons (Fsp3) is 0.571. The number of carbonyl (C=O) groups excluding carboxylic acids is 1. The average Bonchev–Trinajstić information content (AvgIpc) is 3.17. The first-order valence-corrected chi connectivity index (χ1v) is 7.60. The molecule has 1 N–H and O–H groups in total. The van der Waals surface area contributed by atoms with Gasteiger partial charge in [-0.3, -0.25) is 14.7 Å². The third-order valence-corrected chi connectivity index (χ3v) is 4.07. The van der Waals surface area contributed by atoms with Gasteiger partial charge < -0.3 is 4.90 Å². The molecule has 8 nitrogen and oxygen atoms in total. The molecule has 0 atom stereocenters. The number of hydrogen-bond donors (Lipinski definition) is 1. The number of carbonyl (C=O) groups is 1. The lowest BCUT2D eigenvalue weighted by atomic mass is 9.94. The summed E-state index contributed by atoms with van der Waals surface area (Å²) in [5.41, 5.74) is 0. The Morgan fingerprint density at radius 3 is 2.86 bits per heavy atom. The number of piperidine rings is 1. The first-order valence-electron chi connectivity index (χ1n) is 7.60. The summed E-state index contributed by atoms with van der Waals surface area (Å²) in [4.78, 5) is 14.0. The number of likely N-dealkylation sites (tertiary alicyclic amines) is 1. The first-order chi connectivity index (χ1) is 10.7. The number of nitrogens with one attached hydrogen (secondary N) is 1. The maximum absolute atomic E-state index is 12.2. The van der Waals surface area contributed by atoms with Crippen LogP contribution in [0.15, 0.2) is 24.7 Å². The maximum Gasteiger partial charge on any atom is 0.323 e. The molecule has 2 amide bonds. The van der Waals surface area contributed by atoms with Gasteiger partial charge in [0, 0.05) is 39.1 Å². The van der Waals surface area contributed by atoms with E-state index in [9.17, 15) is 4.79 Å². The minimum atomic E-state index is -0.0916. The summed E-state index contributed by atoms with van der Waals surface area (Å²) >= 11 is 0. The predicted octanol–water partition coefficient (Wildman–Crippen LogP) is 1.35. The molecule has 3 heterocycles. The fourth-order valence-electron chi connectivity index (χ4n) is 2.77. The highest BCUT2D eigenvalue weighted by atomic mass is 16.2. The smallest absolute Gasteiger partial charge is 0.323 e. The van der Waals surface area contributed by atoms with Crippen molar-refractivity contribution < 1.29 is 4.79 Å². The summed E-state index contributed by atoms with van der Waals surface area (Å²) < 4.78 is 3.53. The zero-order valence-corrected chi connectivity index (χ0v) is 12.7. The minimum Gasteiger partial charge on any atom is -0.324 e. The molecule has 1 fully saturated rings. The van der Waals surface area contributed by atoms with Crippen LogP contribution in [0.1, 0.15) is 19.3 Å². The molecule has 0 aliphatic carbocycles. The van der Waals surface area contributed by atoms with Crippen molar-refractivity contribution in [3.63, 3.8) is 0 Å². The molecule has 0 spiro atoms. The van der Waals surface area contributed by atoms with E-state index in [1.165, 1.54) is 0 Å². The topological polar surface area (TPSA) is 80.9 Å². The van der Waals surface area contributed by atoms with Crippen LogP contribution in [0.3, 0.4) is 0 Å². The molecule has 0 unspecified atom stereocenters. The zero-order chi connectivity index (χ0) is 15.4. The van der Waals surface area contributed by atoms with E-state index in [0.29, 0.717) is 11.7 Å². The molecule has 0 radical (unpaired) electrons. The number of anilines is 1. The number of hydrogen-bond acceptors (Lipinski definition) is 4. The van der Waals surface area contributed by atoms with Crippen molar-refractivity contribution >= 4 is 11.8 Å². The second kappa shape index (κ2) is 6.59. The van der Waals surface area contributed by atoms with Gasteiger partial charge in [-0.25, -0.2) is 4.79 Å². The average molecular weight is 303 g/mol. The molecule has 1 aliphatic heterocycles. The van der Waals surface area contributed by atoms with E-state index in [1.54, 1.807) is 24.1 Å². The molecule has 118 valence electrons. The second-order valence-corrected chi connectivity index (χ2v) is 5.70. The van der Waals surface area contributed by atoms with Crippen LogP contribution in [0.5, 0.6) is 0 Å². The van der Waals surface area contributed by atoms with Gasteiger partial charge in [0.2, 0.25) is 0 Å². The predicted molar refractivity (Wildman–Crippen MR) is 81.2 cm³/mol. The molecular formula is C14H21N7O. The molecule has 0 aromatic carbocycles. The van der Waals surface area contributed by atoms with Gasteiger partial charge in [-0.2, -0.15) is 5.10 Å². The molecule has 2 aromatic heterocycles. The summed E-state index contributed by atoms with van der Waals surface area (Å²) in [7, 11) is 1.77. The highest BCUT2D eigenvalue weighted by molar-refractivity contribution is 5.88. The van der Waals surface area contributed by atoms with Crippen molar-refractivity contribution in [3.05, 3.63) is 24.7 Å². The van der Waals surface area contributed by atoms with E-state index >= 15 is 0 Å². The lowest BCUT2D eigenvalue weighted by molar-refractivity contribution is 0.177. The van der Waals surface area contributed by atoms with Gasteiger partial charge >= 0.3 is 6.03 Å². The summed E-state index contributed by atoms with van der Waals surface area (Å²) in [6.45, 7) is 2.52. The van der Waals surface area contributed by atoms with E-state index in [0.717, 1.165) is 38.9 Å². The summed E-state index contributed by atoms with van der Waals surface area (Å²) in [5.74, 6) is 1.15. The van der Waals surface area contributed by atoms with E-state index < -0.39 is 0 Å².